The lowest BCUT2D eigenvalue weighted by Gasteiger charge is -2.23. The molecule has 4 heteroatoms. The molecule has 1 unspecified atom stereocenters. The number of rotatable bonds is 4. The number of β-amino-alcohol motifs (C(OH)–C–C–N with tert-alkyl or cyclic N) is 1. The number of likely N-dealkylation sites (N-methyl/N-ethyl adjacent to an activating group) is 1. The van der Waals surface area contributed by atoms with Crippen molar-refractivity contribution in [3.8, 4) is 0 Å². The summed E-state index contributed by atoms with van der Waals surface area (Å²) in [5.74, 6) is 0. The Bertz CT molecular complexity index is 355. The minimum absolute atomic E-state index is 0.155. The van der Waals surface area contributed by atoms with Crippen molar-refractivity contribution in [3.05, 3.63) is 34.9 Å². The summed E-state index contributed by atoms with van der Waals surface area (Å²) in [7, 11) is 1.96. The highest BCUT2D eigenvalue weighted by atomic mass is 35.5. The highest BCUT2D eigenvalue weighted by Gasteiger charge is 2.22. The number of halogens is 1. The zero-order valence-electron chi connectivity index (χ0n) is 10.1. The molecule has 17 heavy (non-hydrogen) atoms. The molecule has 2 rings (SSSR count). The number of aliphatic hydroxyl groups is 1. The van der Waals surface area contributed by atoms with E-state index in [4.69, 9.17) is 11.6 Å². The maximum atomic E-state index is 9.51. The van der Waals surface area contributed by atoms with Crippen LogP contribution in [-0.2, 0) is 0 Å². The number of nitrogens with zero attached hydrogens (tertiary/aromatic N) is 1. The van der Waals surface area contributed by atoms with Crippen molar-refractivity contribution in [2.75, 3.05) is 26.7 Å². The van der Waals surface area contributed by atoms with Crippen LogP contribution in [0.15, 0.2) is 24.3 Å². The largest absolute Gasteiger partial charge is 0.392 e. The third-order valence-electron chi connectivity index (χ3n) is 3.31. The molecule has 1 aliphatic heterocycles. The fourth-order valence-corrected chi connectivity index (χ4v) is 2.42. The Morgan fingerprint density at radius 3 is 2.71 bits per heavy atom. The normalized spacial score (nSPS) is 22.9. The summed E-state index contributed by atoms with van der Waals surface area (Å²) in [6.07, 6.45) is 0.731. The van der Waals surface area contributed by atoms with Gasteiger partial charge >= 0.3 is 0 Å². The number of benzene rings is 1. The standard InChI is InChI=1S/C13H19ClN2O/c1-15-13(9-16-7-6-12(17)8-16)10-2-4-11(14)5-3-10/h2-5,12-13,15,17H,6-9H2,1H3/t12?,13-/m1/s1. The number of likely N-dealkylation sites (tertiary alicyclic amines) is 1. The second kappa shape index (κ2) is 5.83. The summed E-state index contributed by atoms with van der Waals surface area (Å²) in [4.78, 5) is 2.29. The van der Waals surface area contributed by atoms with E-state index >= 15 is 0 Å². The van der Waals surface area contributed by atoms with Gasteiger partial charge < -0.3 is 10.4 Å². The van der Waals surface area contributed by atoms with Gasteiger partial charge in [-0.3, -0.25) is 4.90 Å². The van der Waals surface area contributed by atoms with E-state index in [9.17, 15) is 5.11 Å². The van der Waals surface area contributed by atoms with Crippen molar-refractivity contribution in [3.63, 3.8) is 0 Å². The van der Waals surface area contributed by atoms with E-state index in [-0.39, 0.29) is 12.1 Å². The van der Waals surface area contributed by atoms with Gasteiger partial charge in [0, 0.05) is 30.7 Å². The Hall–Kier alpha value is -0.610. The predicted molar refractivity (Wildman–Crippen MR) is 70.3 cm³/mol. The maximum Gasteiger partial charge on any atom is 0.0679 e. The number of hydrogen-bond donors (Lipinski definition) is 2. The molecule has 2 N–H and O–H groups in total. The molecule has 0 radical (unpaired) electrons. The van der Waals surface area contributed by atoms with E-state index in [1.54, 1.807) is 0 Å². The lowest BCUT2D eigenvalue weighted by molar-refractivity contribution is 0.173. The molecule has 1 saturated heterocycles. The van der Waals surface area contributed by atoms with Crippen LogP contribution in [-0.4, -0.2) is 42.8 Å². The van der Waals surface area contributed by atoms with Crippen LogP contribution in [0.3, 0.4) is 0 Å². The van der Waals surface area contributed by atoms with Crippen molar-refractivity contribution in [2.45, 2.75) is 18.6 Å². The first-order valence-corrected chi connectivity index (χ1v) is 6.40. The van der Waals surface area contributed by atoms with E-state index < -0.39 is 0 Å². The Morgan fingerprint density at radius 1 is 1.47 bits per heavy atom. The van der Waals surface area contributed by atoms with Crippen molar-refractivity contribution in [1.29, 1.82) is 0 Å². The summed E-state index contributed by atoms with van der Waals surface area (Å²) in [6, 6.07) is 8.23. The van der Waals surface area contributed by atoms with Crippen molar-refractivity contribution in [2.24, 2.45) is 0 Å². The van der Waals surface area contributed by atoms with Crippen LogP contribution < -0.4 is 5.32 Å². The molecule has 0 aliphatic carbocycles. The first-order chi connectivity index (χ1) is 8.19. The first-order valence-electron chi connectivity index (χ1n) is 6.02. The van der Waals surface area contributed by atoms with Crippen LogP contribution in [0.4, 0.5) is 0 Å². The Balaban J connectivity index is 1.98. The molecule has 0 aromatic heterocycles. The number of hydrogen-bond acceptors (Lipinski definition) is 3. The second-order valence-corrected chi connectivity index (χ2v) is 5.03. The molecule has 1 aromatic rings. The Labute approximate surface area is 107 Å². The SMILES string of the molecule is CN[C@H](CN1CCC(O)C1)c1ccc(Cl)cc1. The van der Waals surface area contributed by atoms with Crippen LogP contribution in [0.5, 0.6) is 0 Å². The van der Waals surface area contributed by atoms with Crippen LogP contribution in [0, 0.1) is 0 Å². The van der Waals surface area contributed by atoms with Crippen molar-refractivity contribution in [1.82, 2.24) is 10.2 Å². The van der Waals surface area contributed by atoms with Crippen LogP contribution >= 0.6 is 11.6 Å². The lowest BCUT2D eigenvalue weighted by Crippen LogP contribution is -2.32. The van der Waals surface area contributed by atoms with Gasteiger partial charge in [-0.2, -0.15) is 0 Å². The molecule has 2 atom stereocenters. The third kappa shape index (κ3) is 3.42. The summed E-state index contributed by atoms with van der Waals surface area (Å²) in [5, 5.41) is 13.6. The molecule has 1 fully saturated rings. The van der Waals surface area contributed by atoms with Gasteiger partial charge in [-0.05, 0) is 31.2 Å². The highest BCUT2D eigenvalue weighted by Crippen LogP contribution is 2.19. The zero-order chi connectivity index (χ0) is 12.3. The lowest BCUT2D eigenvalue weighted by atomic mass is 10.1. The summed E-state index contributed by atoms with van der Waals surface area (Å²) < 4.78 is 0. The third-order valence-corrected chi connectivity index (χ3v) is 3.56. The van der Waals surface area contributed by atoms with Crippen LogP contribution in [0.1, 0.15) is 18.0 Å². The fourth-order valence-electron chi connectivity index (χ4n) is 2.29. The minimum Gasteiger partial charge on any atom is -0.392 e. The predicted octanol–water partition coefficient (Wildman–Crippen LogP) is 1.67. The molecule has 0 bridgehead atoms. The summed E-state index contributed by atoms with van der Waals surface area (Å²) in [6.45, 7) is 2.69. The minimum atomic E-state index is -0.155. The Morgan fingerprint density at radius 2 is 2.18 bits per heavy atom. The van der Waals surface area contributed by atoms with E-state index in [0.29, 0.717) is 0 Å². The van der Waals surface area contributed by atoms with Crippen molar-refractivity contribution >= 4 is 11.6 Å². The molecule has 3 nitrogen and oxygen atoms in total. The van der Waals surface area contributed by atoms with E-state index in [1.807, 2.05) is 19.2 Å². The van der Waals surface area contributed by atoms with Gasteiger partial charge in [0.2, 0.25) is 0 Å². The van der Waals surface area contributed by atoms with Gasteiger partial charge in [0.1, 0.15) is 0 Å². The maximum absolute atomic E-state index is 9.51. The monoisotopic (exact) mass is 254 g/mol. The van der Waals surface area contributed by atoms with Gasteiger partial charge in [-0.25, -0.2) is 0 Å². The number of nitrogens with one attached hydrogen (secondary N) is 1. The average Bonchev–Trinajstić information content (AvgIpc) is 2.73. The smallest absolute Gasteiger partial charge is 0.0679 e. The molecule has 0 spiro atoms. The molecule has 0 amide bonds. The second-order valence-electron chi connectivity index (χ2n) is 4.59. The quantitative estimate of drug-likeness (QED) is 0.858. The topological polar surface area (TPSA) is 35.5 Å². The average molecular weight is 255 g/mol. The highest BCUT2D eigenvalue weighted by molar-refractivity contribution is 6.30. The summed E-state index contributed by atoms with van der Waals surface area (Å²) in [5.41, 5.74) is 1.23. The Kier molecular flexibility index (Phi) is 4.40. The molecular formula is C13H19ClN2O. The van der Waals surface area contributed by atoms with Gasteiger partial charge in [0.05, 0.1) is 6.10 Å². The molecule has 1 heterocycles. The van der Waals surface area contributed by atoms with Crippen molar-refractivity contribution < 1.29 is 5.11 Å². The zero-order valence-corrected chi connectivity index (χ0v) is 10.8. The molecule has 1 aromatic carbocycles. The van der Waals surface area contributed by atoms with E-state index in [0.717, 1.165) is 31.1 Å². The first kappa shape index (κ1) is 12.8. The molecule has 0 saturated carbocycles. The van der Waals surface area contributed by atoms with E-state index in [1.165, 1.54) is 5.56 Å². The van der Waals surface area contributed by atoms with Crippen LogP contribution in [0.2, 0.25) is 5.02 Å². The van der Waals surface area contributed by atoms with Gasteiger partial charge in [-0.15, -0.1) is 0 Å². The molecular weight excluding hydrogens is 236 g/mol. The van der Waals surface area contributed by atoms with Gasteiger partial charge in [0.25, 0.3) is 0 Å². The fraction of sp³-hybridized carbons (Fsp3) is 0.538. The van der Waals surface area contributed by atoms with Gasteiger partial charge in [0.15, 0.2) is 0 Å². The molecule has 1 aliphatic rings. The summed E-state index contributed by atoms with van der Waals surface area (Å²) >= 11 is 5.89. The molecule has 94 valence electrons. The van der Waals surface area contributed by atoms with Gasteiger partial charge in [-0.1, -0.05) is 23.7 Å². The number of aliphatic hydroxyl groups excluding tert-OH is 1. The van der Waals surface area contributed by atoms with Crippen LogP contribution in [0.25, 0.3) is 0 Å². The van der Waals surface area contributed by atoms with E-state index in [2.05, 4.69) is 22.3 Å².